The zero-order valence-electron chi connectivity index (χ0n) is 11.6. The third kappa shape index (κ3) is 7.29. The summed E-state index contributed by atoms with van der Waals surface area (Å²) < 4.78 is 5.60. The molecule has 1 saturated heterocycles. The first kappa shape index (κ1) is 15.3. The minimum Gasteiger partial charge on any atom is -0.389 e. The molecule has 1 aliphatic heterocycles. The highest BCUT2D eigenvalue weighted by molar-refractivity contribution is 7.99. The van der Waals surface area contributed by atoms with Gasteiger partial charge < -0.3 is 9.84 Å². The fraction of sp³-hybridized carbons (Fsp3) is 1.00. The molecule has 0 saturated carbocycles. The van der Waals surface area contributed by atoms with Gasteiger partial charge in [0, 0.05) is 24.1 Å². The standard InChI is InChI=1S/C13H27NO2S/c1-11-5-6-14(7-8-17-11)9-12(15)10-16-13(2,3)4/h11-12,15H,5-10H2,1-4H3. The summed E-state index contributed by atoms with van der Waals surface area (Å²) in [5, 5.41) is 10.7. The Labute approximate surface area is 110 Å². The molecule has 1 heterocycles. The second-order valence-electron chi connectivity index (χ2n) is 5.85. The van der Waals surface area contributed by atoms with Crippen molar-refractivity contribution in [3.05, 3.63) is 0 Å². The molecule has 2 unspecified atom stereocenters. The number of hydrogen-bond acceptors (Lipinski definition) is 4. The van der Waals surface area contributed by atoms with Crippen molar-refractivity contribution in [2.75, 3.05) is 32.0 Å². The zero-order chi connectivity index (χ0) is 12.9. The van der Waals surface area contributed by atoms with E-state index in [4.69, 9.17) is 4.74 Å². The van der Waals surface area contributed by atoms with Gasteiger partial charge in [-0.3, -0.25) is 4.90 Å². The Morgan fingerprint density at radius 1 is 1.41 bits per heavy atom. The van der Waals surface area contributed by atoms with Crippen molar-refractivity contribution in [1.82, 2.24) is 4.90 Å². The fourth-order valence-corrected chi connectivity index (χ4v) is 2.86. The molecule has 1 N–H and O–H groups in total. The molecule has 3 nitrogen and oxygen atoms in total. The Kier molecular flexibility index (Phi) is 6.27. The Bertz CT molecular complexity index is 218. The molecule has 0 aliphatic carbocycles. The number of aliphatic hydroxyl groups excluding tert-OH is 1. The molecule has 0 amide bonds. The molecular weight excluding hydrogens is 234 g/mol. The number of aliphatic hydroxyl groups is 1. The molecule has 0 radical (unpaired) electrons. The maximum atomic E-state index is 9.95. The largest absolute Gasteiger partial charge is 0.389 e. The van der Waals surface area contributed by atoms with Gasteiger partial charge in [-0.1, -0.05) is 6.92 Å². The molecule has 2 atom stereocenters. The van der Waals surface area contributed by atoms with Crippen LogP contribution in [0.3, 0.4) is 0 Å². The summed E-state index contributed by atoms with van der Waals surface area (Å²) in [5.41, 5.74) is -0.163. The van der Waals surface area contributed by atoms with Crippen LogP contribution in [0.2, 0.25) is 0 Å². The van der Waals surface area contributed by atoms with E-state index in [1.165, 1.54) is 12.2 Å². The van der Waals surface area contributed by atoms with E-state index in [1.807, 2.05) is 32.5 Å². The highest BCUT2D eigenvalue weighted by Crippen LogP contribution is 2.18. The lowest BCUT2D eigenvalue weighted by atomic mass is 10.2. The van der Waals surface area contributed by atoms with Crippen molar-refractivity contribution in [3.63, 3.8) is 0 Å². The summed E-state index contributed by atoms with van der Waals surface area (Å²) in [6.45, 7) is 11.7. The van der Waals surface area contributed by atoms with Crippen molar-refractivity contribution in [2.24, 2.45) is 0 Å². The Morgan fingerprint density at radius 2 is 2.12 bits per heavy atom. The molecule has 0 aromatic rings. The van der Waals surface area contributed by atoms with Crippen LogP contribution in [0, 0.1) is 0 Å². The van der Waals surface area contributed by atoms with Gasteiger partial charge in [0.05, 0.1) is 18.3 Å². The van der Waals surface area contributed by atoms with Gasteiger partial charge in [-0.2, -0.15) is 11.8 Å². The van der Waals surface area contributed by atoms with Crippen LogP contribution < -0.4 is 0 Å². The summed E-state index contributed by atoms with van der Waals surface area (Å²) in [5.74, 6) is 1.17. The molecule has 102 valence electrons. The molecule has 1 fully saturated rings. The summed E-state index contributed by atoms with van der Waals surface area (Å²) >= 11 is 2.03. The highest BCUT2D eigenvalue weighted by atomic mass is 32.2. The quantitative estimate of drug-likeness (QED) is 0.839. The van der Waals surface area contributed by atoms with Crippen LogP contribution in [-0.2, 0) is 4.74 Å². The van der Waals surface area contributed by atoms with E-state index in [-0.39, 0.29) is 11.7 Å². The van der Waals surface area contributed by atoms with Crippen LogP contribution in [0.15, 0.2) is 0 Å². The SMILES string of the molecule is CC1CCN(CC(O)COC(C)(C)C)CCS1. The first-order chi connectivity index (χ1) is 7.87. The van der Waals surface area contributed by atoms with Crippen molar-refractivity contribution in [1.29, 1.82) is 0 Å². The number of thioether (sulfide) groups is 1. The monoisotopic (exact) mass is 261 g/mol. The van der Waals surface area contributed by atoms with E-state index in [2.05, 4.69) is 11.8 Å². The van der Waals surface area contributed by atoms with Crippen molar-refractivity contribution < 1.29 is 9.84 Å². The van der Waals surface area contributed by atoms with Crippen molar-refractivity contribution in [3.8, 4) is 0 Å². The summed E-state index contributed by atoms with van der Waals surface area (Å²) in [6, 6.07) is 0. The lowest BCUT2D eigenvalue weighted by Crippen LogP contribution is -2.38. The lowest BCUT2D eigenvalue weighted by molar-refractivity contribution is -0.0557. The van der Waals surface area contributed by atoms with E-state index in [0.29, 0.717) is 6.61 Å². The maximum absolute atomic E-state index is 9.95. The van der Waals surface area contributed by atoms with E-state index >= 15 is 0 Å². The Hall–Kier alpha value is 0.230. The third-order valence-electron chi connectivity index (χ3n) is 2.84. The van der Waals surface area contributed by atoms with E-state index in [9.17, 15) is 5.11 Å². The molecule has 1 rings (SSSR count). The molecule has 4 heteroatoms. The molecule has 17 heavy (non-hydrogen) atoms. The molecule has 0 spiro atoms. The van der Waals surface area contributed by atoms with Gasteiger partial charge in [-0.15, -0.1) is 0 Å². The van der Waals surface area contributed by atoms with Crippen molar-refractivity contribution >= 4 is 11.8 Å². The van der Waals surface area contributed by atoms with E-state index in [1.54, 1.807) is 0 Å². The average Bonchev–Trinajstić information content (AvgIpc) is 2.40. The summed E-state index contributed by atoms with van der Waals surface area (Å²) in [4.78, 5) is 2.35. The van der Waals surface area contributed by atoms with Gasteiger partial charge in [0.25, 0.3) is 0 Å². The van der Waals surface area contributed by atoms with Gasteiger partial charge >= 0.3 is 0 Å². The first-order valence-electron chi connectivity index (χ1n) is 6.53. The lowest BCUT2D eigenvalue weighted by Gasteiger charge is -2.26. The van der Waals surface area contributed by atoms with E-state index in [0.717, 1.165) is 24.9 Å². The molecular formula is C13H27NO2S. The van der Waals surface area contributed by atoms with Crippen LogP contribution in [0.4, 0.5) is 0 Å². The molecule has 0 bridgehead atoms. The van der Waals surface area contributed by atoms with Gasteiger partial charge in [-0.05, 0) is 33.7 Å². The number of nitrogens with zero attached hydrogens (tertiary/aromatic N) is 1. The summed E-state index contributed by atoms with van der Waals surface area (Å²) in [7, 11) is 0. The number of rotatable bonds is 4. The third-order valence-corrected chi connectivity index (χ3v) is 4.06. The molecule has 0 aromatic heterocycles. The maximum Gasteiger partial charge on any atom is 0.0900 e. The second-order valence-corrected chi connectivity index (χ2v) is 7.39. The van der Waals surface area contributed by atoms with Gasteiger partial charge in [0.15, 0.2) is 0 Å². The van der Waals surface area contributed by atoms with E-state index < -0.39 is 0 Å². The van der Waals surface area contributed by atoms with Crippen LogP contribution in [0.1, 0.15) is 34.1 Å². The van der Waals surface area contributed by atoms with Crippen LogP contribution >= 0.6 is 11.8 Å². The number of hydrogen-bond donors (Lipinski definition) is 1. The van der Waals surface area contributed by atoms with Crippen LogP contribution in [0.5, 0.6) is 0 Å². The van der Waals surface area contributed by atoms with Crippen LogP contribution in [-0.4, -0.2) is 59.0 Å². The van der Waals surface area contributed by atoms with Crippen molar-refractivity contribution in [2.45, 2.75) is 51.1 Å². The zero-order valence-corrected chi connectivity index (χ0v) is 12.4. The number of β-amino-alcohol motifs (C(OH)–C–C–N with tert-alkyl or cyclic N) is 1. The minimum atomic E-state index is -0.368. The Balaban J connectivity index is 2.23. The first-order valence-corrected chi connectivity index (χ1v) is 7.57. The minimum absolute atomic E-state index is 0.163. The topological polar surface area (TPSA) is 32.7 Å². The highest BCUT2D eigenvalue weighted by Gasteiger charge is 2.18. The smallest absolute Gasteiger partial charge is 0.0900 e. The Morgan fingerprint density at radius 3 is 2.76 bits per heavy atom. The van der Waals surface area contributed by atoms with Crippen LogP contribution in [0.25, 0.3) is 0 Å². The number of ether oxygens (including phenoxy) is 1. The predicted octanol–water partition coefficient (Wildman–Crippen LogP) is 1.99. The summed E-state index contributed by atoms with van der Waals surface area (Å²) in [6.07, 6.45) is 0.852. The molecule has 1 aliphatic rings. The normalized spacial score (nSPS) is 25.6. The van der Waals surface area contributed by atoms with Gasteiger partial charge in [-0.25, -0.2) is 0 Å². The fourth-order valence-electron chi connectivity index (χ4n) is 1.82. The molecule has 0 aromatic carbocycles. The predicted molar refractivity (Wildman–Crippen MR) is 74.7 cm³/mol. The average molecular weight is 261 g/mol. The second kappa shape index (κ2) is 6.98. The van der Waals surface area contributed by atoms with Gasteiger partial charge in [0.2, 0.25) is 0 Å². The van der Waals surface area contributed by atoms with Gasteiger partial charge in [0.1, 0.15) is 0 Å².